The van der Waals surface area contributed by atoms with E-state index in [4.69, 9.17) is 5.11 Å². The molecule has 0 unspecified atom stereocenters. The topological polar surface area (TPSA) is 68.0 Å². The van der Waals surface area contributed by atoms with Crippen molar-refractivity contribution < 1.29 is 9.90 Å². The van der Waals surface area contributed by atoms with E-state index < -0.39 is 5.97 Å². The average Bonchev–Trinajstić information content (AvgIpc) is 3.06. The summed E-state index contributed by atoms with van der Waals surface area (Å²) < 4.78 is 1.93. The van der Waals surface area contributed by atoms with Crippen molar-refractivity contribution in [2.24, 2.45) is 0 Å². The molecule has 20 heavy (non-hydrogen) atoms. The minimum atomic E-state index is -0.955. The average molecular weight is 287 g/mol. The number of carboxylic acid groups (broad SMARTS) is 1. The van der Waals surface area contributed by atoms with Crippen LogP contribution in [0.5, 0.6) is 0 Å². The van der Waals surface area contributed by atoms with E-state index in [0.29, 0.717) is 12.1 Å². The van der Waals surface area contributed by atoms with Crippen molar-refractivity contribution in [3.05, 3.63) is 46.2 Å². The molecule has 0 radical (unpaired) electrons. The third kappa shape index (κ3) is 2.18. The zero-order valence-corrected chi connectivity index (χ0v) is 11.7. The van der Waals surface area contributed by atoms with Crippen LogP contribution in [0.3, 0.4) is 0 Å². The second-order valence-electron chi connectivity index (χ2n) is 4.42. The van der Waals surface area contributed by atoms with Crippen LogP contribution in [0.2, 0.25) is 0 Å². The van der Waals surface area contributed by atoms with Gasteiger partial charge >= 0.3 is 5.97 Å². The summed E-state index contributed by atoms with van der Waals surface area (Å²) in [4.78, 5) is 21.0. The van der Waals surface area contributed by atoms with Gasteiger partial charge in [0.15, 0.2) is 0 Å². The second-order valence-corrected chi connectivity index (χ2v) is 5.62. The van der Waals surface area contributed by atoms with Crippen molar-refractivity contribution in [2.75, 3.05) is 0 Å². The fourth-order valence-corrected chi connectivity index (χ4v) is 2.98. The highest BCUT2D eigenvalue weighted by atomic mass is 32.1. The molecule has 0 amide bonds. The van der Waals surface area contributed by atoms with Gasteiger partial charge in [-0.1, -0.05) is 13.0 Å². The van der Waals surface area contributed by atoms with Crippen molar-refractivity contribution in [1.82, 2.24) is 14.5 Å². The molecule has 0 bridgehead atoms. The summed E-state index contributed by atoms with van der Waals surface area (Å²) in [5, 5.41) is 10.2. The Kier molecular flexibility index (Phi) is 3.23. The summed E-state index contributed by atoms with van der Waals surface area (Å²) >= 11 is 1.67. The predicted molar refractivity (Wildman–Crippen MR) is 77.3 cm³/mol. The molecule has 102 valence electrons. The first kappa shape index (κ1) is 12.8. The molecule has 0 aliphatic carbocycles. The molecular weight excluding hydrogens is 274 g/mol. The van der Waals surface area contributed by atoms with Gasteiger partial charge in [0.1, 0.15) is 10.5 Å². The van der Waals surface area contributed by atoms with Gasteiger partial charge in [-0.3, -0.25) is 0 Å². The number of aromatic nitrogens is 3. The zero-order valence-electron chi connectivity index (χ0n) is 10.9. The van der Waals surface area contributed by atoms with E-state index in [1.165, 1.54) is 4.88 Å². The van der Waals surface area contributed by atoms with Crippen molar-refractivity contribution in [3.8, 4) is 0 Å². The minimum absolute atomic E-state index is 0.231. The Morgan fingerprint density at radius 2 is 2.25 bits per heavy atom. The number of thiazole rings is 1. The van der Waals surface area contributed by atoms with Crippen molar-refractivity contribution >= 4 is 28.3 Å². The van der Waals surface area contributed by atoms with Crippen LogP contribution in [0.4, 0.5) is 0 Å². The normalized spacial score (nSPS) is 11.1. The molecule has 1 aromatic carbocycles. The predicted octanol–water partition coefficient (Wildman–Crippen LogP) is 2.80. The molecule has 0 atom stereocenters. The van der Waals surface area contributed by atoms with E-state index in [9.17, 15) is 4.79 Å². The highest BCUT2D eigenvalue weighted by Gasteiger charge is 2.13. The summed E-state index contributed by atoms with van der Waals surface area (Å²) in [5.74, 6) is -0.955. The first-order chi connectivity index (χ1) is 9.69. The lowest BCUT2D eigenvalue weighted by Crippen LogP contribution is -1.99. The van der Waals surface area contributed by atoms with Crippen LogP contribution < -0.4 is 0 Å². The smallest absolute Gasteiger partial charge is 0.337 e. The van der Waals surface area contributed by atoms with Gasteiger partial charge in [0, 0.05) is 11.1 Å². The summed E-state index contributed by atoms with van der Waals surface area (Å²) in [5.41, 5.74) is 1.57. The molecule has 3 aromatic rings. The zero-order chi connectivity index (χ0) is 14.1. The molecule has 0 saturated carbocycles. The van der Waals surface area contributed by atoms with E-state index in [1.807, 2.05) is 16.8 Å². The molecule has 3 rings (SSSR count). The maximum absolute atomic E-state index is 11.2. The monoisotopic (exact) mass is 287 g/mol. The number of nitrogens with zero attached hydrogens (tertiary/aromatic N) is 3. The van der Waals surface area contributed by atoms with E-state index in [1.54, 1.807) is 29.8 Å². The SMILES string of the molecule is CCc1cnc(Cn2cnc3c(C(=O)O)cccc32)s1. The maximum atomic E-state index is 11.2. The third-order valence-electron chi connectivity index (χ3n) is 3.14. The van der Waals surface area contributed by atoms with Crippen molar-refractivity contribution in [3.63, 3.8) is 0 Å². The molecule has 2 heterocycles. The fourth-order valence-electron chi connectivity index (χ4n) is 2.12. The molecule has 5 nitrogen and oxygen atoms in total. The van der Waals surface area contributed by atoms with Crippen molar-refractivity contribution in [1.29, 1.82) is 0 Å². The lowest BCUT2D eigenvalue weighted by atomic mass is 10.2. The molecule has 0 aliphatic heterocycles. The summed E-state index contributed by atoms with van der Waals surface area (Å²) in [6.45, 7) is 2.72. The lowest BCUT2D eigenvalue weighted by molar-refractivity contribution is 0.0699. The van der Waals surface area contributed by atoms with Gasteiger partial charge in [-0.05, 0) is 18.6 Å². The molecule has 0 fully saturated rings. The van der Waals surface area contributed by atoms with Crippen LogP contribution in [0, 0.1) is 0 Å². The quantitative estimate of drug-likeness (QED) is 0.801. The highest BCUT2D eigenvalue weighted by molar-refractivity contribution is 7.11. The van der Waals surface area contributed by atoms with Gasteiger partial charge in [0.25, 0.3) is 0 Å². The number of fused-ring (bicyclic) bond motifs is 1. The molecular formula is C14H13N3O2S. The van der Waals surface area contributed by atoms with Gasteiger partial charge in [-0.25, -0.2) is 14.8 Å². The van der Waals surface area contributed by atoms with E-state index in [-0.39, 0.29) is 5.56 Å². The first-order valence-electron chi connectivity index (χ1n) is 6.29. The van der Waals surface area contributed by atoms with Crippen LogP contribution in [-0.4, -0.2) is 25.6 Å². The lowest BCUT2D eigenvalue weighted by Gasteiger charge is -2.02. The number of carboxylic acids is 1. The fraction of sp³-hybridized carbons (Fsp3) is 0.214. The molecule has 0 saturated heterocycles. The third-order valence-corrected chi connectivity index (χ3v) is 4.26. The Labute approximate surface area is 119 Å². The van der Waals surface area contributed by atoms with Gasteiger partial charge in [-0.2, -0.15) is 0 Å². The Morgan fingerprint density at radius 3 is 2.95 bits per heavy atom. The van der Waals surface area contributed by atoms with E-state index in [2.05, 4.69) is 16.9 Å². The Bertz CT molecular complexity index is 776. The molecule has 2 aromatic heterocycles. The number of aryl methyl sites for hydroxylation is 1. The minimum Gasteiger partial charge on any atom is -0.478 e. The Hall–Kier alpha value is -2.21. The van der Waals surface area contributed by atoms with E-state index in [0.717, 1.165) is 16.9 Å². The van der Waals surface area contributed by atoms with Crippen molar-refractivity contribution in [2.45, 2.75) is 19.9 Å². The van der Waals surface area contributed by atoms with Gasteiger partial charge in [0.05, 0.1) is 24.0 Å². The number of imidazole rings is 1. The largest absolute Gasteiger partial charge is 0.478 e. The molecule has 1 N–H and O–H groups in total. The van der Waals surface area contributed by atoms with Gasteiger partial charge in [-0.15, -0.1) is 11.3 Å². The Balaban J connectivity index is 2.00. The van der Waals surface area contributed by atoms with Crippen LogP contribution >= 0.6 is 11.3 Å². The highest BCUT2D eigenvalue weighted by Crippen LogP contribution is 2.20. The van der Waals surface area contributed by atoms with Crippen LogP contribution in [-0.2, 0) is 13.0 Å². The van der Waals surface area contributed by atoms with Gasteiger partial charge < -0.3 is 9.67 Å². The summed E-state index contributed by atoms with van der Waals surface area (Å²) in [6, 6.07) is 5.19. The molecule has 0 spiro atoms. The van der Waals surface area contributed by atoms with E-state index >= 15 is 0 Å². The number of carbonyl (C=O) groups is 1. The Morgan fingerprint density at radius 1 is 1.40 bits per heavy atom. The first-order valence-corrected chi connectivity index (χ1v) is 7.11. The number of benzene rings is 1. The van der Waals surface area contributed by atoms with Crippen LogP contribution in [0.15, 0.2) is 30.7 Å². The van der Waals surface area contributed by atoms with Crippen LogP contribution in [0.25, 0.3) is 11.0 Å². The number of hydrogen-bond donors (Lipinski definition) is 1. The molecule has 6 heteroatoms. The second kappa shape index (κ2) is 5.05. The standard InChI is InChI=1S/C14H13N3O2S/c1-2-9-6-15-12(20-9)7-17-8-16-13-10(14(18)19)4-3-5-11(13)17/h3-6,8H,2,7H2,1H3,(H,18,19). The molecule has 0 aliphatic rings. The maximum Gasteiger partial charge on any atom is 0.337 e. The summed E-state index contributed by atoms with van der Waals surface area (Å²) in [7, 11) is 0. The number of hydrogen-bond acceptors (Lipinski definition) is 4. The number of rotatable bonds is 4. The summed E-state index contributed by atoms with van der Waals surface area (Å²) in [6.07, 6.45) is 4.54. The number of aromatic carboxylic acids is 1. The number of para-hydroxylation sites is 1. The van der Waals surface area contributed by atoms with Crippen LogP contribution in [0.1, 0.15) is 27.2 Å². The van der Waals surface area contributed by atoms with Gasteiger partial charge in [0.2, 0.25) is 0 Å².